The van der Waals surface area contributed by atoms with Gasteiger partial charge in [-0.15, -0.1) is 0 Å². The first kappa shape index (κ1) is 15.3. The largest absolute Gasteiger partial charge is 0.497 e. The van der Waals surface area contributed by atoms with Crippen LogP contribution in [0.3, 0.4) is 0 Å². The van der Waals surface area contributed by atoms with Crippen LogP contribution in [0.2, 0.25) is 0 Å². The molecule has 2 heterocycles. The van der Waals surface area contributed by atoms with Crippen LogP contribution >= 0.6 is 0 Å². The lowest BCUT2D eigenvalue weighted by Crippen LogP contribution is -2.35. The Morgan fingerprint density at radius 1 is 1.13 bits per heavy atom. The van der Waals surface area contributed by atoms with Crippen molar-refractivity contribution in [3.63, 3.8) is 0 Å². The maximum atomic E-state index is 12.2. The molecular formula is C17H19N3O3. The fourth-order valence-electron chi connectivity index (χ4n) is 2.67. The molecule has 0 atom stereocenters. The van der Waals surface area contributed by atoms with Crippen molar-refractivity contribution in [2.24, 2.45) is 0 Å². The molecule has 6 nitrogen and oxygen atoms in total. The van der Waals surface area contributed by atoms with Crippen LogP contribution in [-0.4, -0.2) is 40.8 Å². The Bertz CT molecular complexity index is 746. The molecule has 2 aromatic rings. The SMILES string of the molecule is COc1ccc(-c2ccc(=O)n(CC(=O)N3CCCC3)n2)cc1. The molecule has 0 spiro atoms. The van der Waals surface area contributed by atoms with Crippen molar-refractivity contribution in [2.45, 2.75) is 19.4 Å². The van der Waals surface area contributed by atoms with Gasteiger partial charge in [-0.3, -0.25) is 9.59 Å². The van der Waals surface area contributed by atoms with Crippen molar-refractivity contribution in [3.05, 3.63) is 46.8 Å². The predicted molar refractivity (Wildman–Crippen MR) is 86.3 cm³/mol. The summed E-state index contributed by atoms with van der Waals surface area (Å²) in [6.45, 7) is 1.53. The second-order valence-electron chi connectivity index (χ2n) is 5.53. The minimum Gasteiger partial charge on any atom is -0.497 e. The van der Waals surface area contributed by atoms with Crippen molar-refractivity contribution in [1.29, 1.82) is 0 Å². The molecule has 1 aliphatic heterocycles. The van der Waals surface area contributed by atoms with Gasteiger partial charge in [-0.2, -0.15) is 5.10 Å². The summed E-state index contributed by atoms with van der Waals surface area (Å²) in [7, 11) is 1.61. The molecule has 1 fully saturated rings. The van der Waals surface area contributed by atoms with Crippen LogP contribution in [0.25, 0.3) is 11.3 Å². The Morgan fingerprint density at radius 2 is 1.83 bits per heavy atom. The zero-order valence-corrected chi connectivity index (χ0v) is 13.1. The lowest BCUT2D eigenvalue weighted by atomic mass is 10.1. The number of likely N-dealkylation sites (tertiary alicyclic amines) is 1. The summed E-state index contributed by atoms with van der Waals surface area (Å²) in [5.74, 6) is 0.704. The molecule has 1 aromatic carbocycles. The standard InChI is InChI=1S/C17H19N3O3/c1-23-14-6-4-13(5-7-14)15-8-9-16(21)20(18-15)12-17(22)19-10-2-3-11-19/h4-9H,2-3,10-12H2,1H3. The number of rotatable bonds is 4. The van der Waals surface area contributed by atoms with Gasteiger partial charge in [-0.05, 0) is 43.2 Å². The van der Waals surface area contributed by atoms with Gasteiger partial charge in [0.1, 0.15) is 12.3 Å². The third kappa shape index (κ3) is 3.41. The van der Waals surface area contributed by atoms with Gasteiger partial charge in [0, 0.05) is 24.7 Å². The fourth-order valence-corrected chi connectivity index (χ4v) is 2.67. The number of carbonyl (C=O) groups excluding carboxylic acids is 1. The van der Waals surface area contributed by atoms with Crippen molar-refractivity contribution < 1.29 is 9.53 Å². The van der Waals surface area contributed by atoms with E-state index in [4.69, 9.17) is 4.74 Å². The number of aromatic nitrogens is 2. The minimum atomic E-state index is -0.269. The number of benzene rings is 1. The average Bonchev–Trinajstić information content (AvgIpc) is 3.11. The highest BCUT2D eigenvalue weighted by molar-refractivity contribution is 5.76. The van der Waals surface area contributed by atoms with Crippen LogP contribution in [0.1, 0.15) is 12.8 Å². The smallest absolute Gasteiger partial charge is 0.267 e. The molecule has 0 radical (unpaired) electrons. The fraction of sp³-hybridized carbons (Fsp3) is 0.353. The van der Waals surface area contributed by atoms with Crippen molar-refractivity contribution in [2.75, 3.05) is 20.2 Å². The quantitative estimate of drug-likeness (QED) is 0.859. The second kappa shape index (κ2) is 6.64. The summed E-state index contributed by atoms with van der Waals surface area (Å²) in [4.78, 5) is 26.0. The van der Waals surface area contributed by atoms with Gasteiger partial charge in [0.2, 0.25) is 5.91 Å². The van der Waals surface area contributed by atoms with E-state index in [0.717, 1.165) is 37.2 Å². The van der Waals surface area contributed by atoms with E-state index >= 15 is 0 Å². The highest BCUT2D eigenvalue weighted by Gasteiger charge is 2.19. The van der Waals surface area contributed by atoms with Gasteiger partial charge >= 0.3 is 0 Å². The first-order chi connectivity index (χ1) is 11.2. The lowest BCUT2D eigenvalue weighted by molar-refractivity contribution is -0.131. The molecule has 1 aliphatic rings. The summed E-state index contributed by atoms with van der Waals surface area (Å²) in [5, 5.41) is 4.33. The molecule has 0 bridgehead atoms. The lowest BCUT2D eigenvalue weighted by Gasteiger charge is -2.15. The van der Waals surface area contributed by atoms with E-state index in [1.165, 1.54) is 10.7 Å². The van der Waals surface area contributed by atoms with E-state index in [9.17, 15) is 9.59 Å². The second-order valence-corrected chi connectivity index (χ2v) is 5.53. The number of ether oxygens (including phenoxy) is 1. The summed E-state index contributed by atoms with van der Waals surface area (Å²) in [6, 6.07) is 10.5. The van der Waals surface area contributed by atoms with E-state index in [-0.39, 0.29) is 18.0 Å². The van der Waals surface area contributed by atoms with Gasteiger partial charge in [0.25, 0.3) is 5.56 Å². The molecule has 0 unspecified atom stereocenters. The molecule has 1 aromatic heterocycles. The molecule has 3 rings (SSSR count). The summed E-state index contributed by atoms with van der Waals surface area (Å²) >= 11 is 0. The van der Waals surface area contributed by atoms with E-state index in [2.05, 4.69) is 5.10 Å². The highest BCUT2D eigenvalue weighted by atomic mass is 16.5. The van der Waals surface area contributed by atoms with Crippen LogP contribution in [-0.2, 0) is 11.3 Å². The maximum absolute atomic E-state index is 12.2. The van der Waals surface area contributed by atoms with Gasteiger partial charge in [0.15, 0.2) is 0 Å². The van der Waals surface area contributed by atoms with E-state index in [1.54, 1.807) is 18.1 Å². The van der Waals surface area contributed by atoms with Crippen molar-refractivity contribution in [1.82, 2.24) is 14.7 Å². The Labute approximate surface area is 134 Å². The molecule has 0 N–H and O–H groups in total. The molecule has 120 valence electrons. The number of amides is 1. The number of hydrogen-bond acceptors (Lipinski definition) is 4. The Balaban J connectivity index is 1.83. The topological polar surface area (TPSA) is 64.4 Å². The molecule has 6 heteroatoms. The number of carbonyl (C=O) groups is 1. The maximum Gasteiger partial charge on any atom is 0.267 e. The van der Waals surface area contributed by atoms with Crippen LogP contribution < -0.4 is 10.3 Å². The molecule has 23 heavy (non-hydrogen) atoms. The Kier molecular flexibility index (Phi) is 4.41. The Hall–Kier alpha value is -2.63. The number of nitrogens with zero attached hydrogens (tertiary/aromatic N) is 3. The van der Waals surface area contributed by atoms with Crippen molar-refractivity contribution >= 4 is 5.91 Å². The first-order valence-electron chi connectivity index (χ1n) is 7.68. The van der Waals surface area contributed by atoms with Gasteiger partial charge in [0.05, 0.1) is 12.8 Å². The average molecular weight is 313 g/mol. The Morgan fingerprint density at radius 3 is 2.48 bits per heavy atom. The minimum absolute atomic E-state index is 0.0111. The van der Waals surface area contributed by atoms with E-state index in [1.807, 2.05) is 24.3 Å². The number of hydrogen-bond donors (Lipinski definition) is 0. The first-order valence-corrected chi connectivity index (χ1v) is 7.68. The zero-order chi connectivity index (χ0) is 16.2. The van der Waals surface area contributed by atoms with Gasteiger partial charge in [-0.25, -0.2) is 4.68 Å². The number of methoxy groups -OCH3 is 1. The molecule has 1 amide bonds. The van der Waals surface area contributed by atoms with Crippen LogP contribution in [0.5, 0.6) is 5.75 Å². The van der Waals surface area contributed by atoms with E-state index in [0.29, 0.717) is 5.69 Å². The zero-order valence-electron chi connectivity index (χ0n) is 13.1. The summed E-state index contributed by atoms with van der Waals surface area (Å²) < 4.78 is 6.37. The third-order valence-corrected chi connectivity index (χ3v) is 4.00. The molecular weight excluding hydrogens is 294 g/mol. The molecule has 1 saturated heterocycles. The monoisotopic (exact) mass is 313 g/mol. The third-order valence-electron chi connectivity index (χ3n) is 4.00. The van der Waals surface area contributed by atoms with Crippen LogP contribution in [0.15, 0.2) is 41.2 Å². The van der Waals surface area contributed by atoms with Crippen molar-refractivity contribution in [3.8, 4) is 17.0 Å². The van der Waals surface area contributed by atoms with E-state index < -0.39 is 0 Å². The molecule has 0 aliphatic carbocycles. The van der Waals surface area contributed by atoms with Gasteiger partial charge in [-0.1, -0.05) is 0 Å². The predicted octanol–water partition coefficient (Wildman–Crippen LogP) is 1.54. The summed E-state index contributed by atoms with van der Waals surface area (Å²) in [5.41, 5.74) is 1.25. The van der Waals surface area contributed by atoms with Gasteiger partial charge < -0.3 is 9.64 Å². The highest BCUT2D eigenvalue weighted by Crippen LogP contribution is 2.19. The van der Waals surface area contributed by atoms with Crippen LogP contribution in [0.4, 0.5) is 0 Å². The molecule has 0 saturated carbocycles. The van der Waals surface area contributed by atoms with Crippen LogP contribution in [0, 0.1) is 0 Å². The normalized spacial score (nSPS) is 14.0. The summed E-state index contributed by atoms with van der Waals surface area (Å²) in [6.07, 6.45) is 2.06.